The number of hydrogen-bond donors (Lipinski definition) is 1. The molecule has 192 valence electrons. The van der Waals surface area contributed by atoms with Crippen molar-refractivity contribution in [1.29, 1.82) is 0 Å². The summed E-state index contributed by atoms with van der Waals surface area (Å²) in [5, 5.41) is 3.07. The number of ether oxygens (including phenoxy) is 1. The van der Waals surface area contributed by atoms with Crippen molar-refractivity contribution < 1.29 is 22.7 Å². The molecule has 1 saturated heterocycles. The number of carbonyl (C=O) groups excluding carboxylic acids is 1. The average Bonchev–Trinajstić information content (AvgIpc) is 3.54. The number of aliphatic imine (C=N–C) groups is 1. The summed E-state index contributed by atoms with van der Waals surface area (Å²) in [6.07, 6.45) is 7.37. The number of rotatable bonds is 7. The van der Waals surface area contributed by atoms with Gasteiger partial charge in [0.1, 0.15) is 11.4 Å². The number of nitrogens with zero attached hydrogens (tertiary/aromatic N) is 4. The highest BCUT2D eigenvalue weighted by Gasteiger charge is 2.37. The van der Waals surface area contributed by atoms with Gasteiger partial charge in [-0.2, -0.15) is 0 Å². The van der Waals surface area contributed by atoms with Gasteiger partial charge < -0.3 is 14.6 Å². The van der Waals surface area contributed by atoms with Crippen LogP contribution in [0.15, 0.2) is 53.5 Å². The number of nitrogens with one attached hydrogen (secondary N) is 1. The summed E-state index contributed by atoms with van der Waals surface area (Å²) in [5.41, 5.74) is 2.72. The van der Waals surface area contributed by atoms with E-state index in [1.807, 2.05) is 29.8 Å². The van der Waals surface area contributed by atoms with Crippen LogP contribution >= 0.6 is 0 Å². The van der Waals surface area contributed by atoms with E-state index in [-0.39, 0.29) is 11.3 Å². The van der Waals surface area contributed by atoms with Crippen molar-refractivity contribution in [3.8, 4) is 11.4 Å². The molecule has 1 amide bonds. The Morgan fingerprint density at radius 1 is 1.22 bits per heavy atom. The van der Waals surface area contributed by atoms with Crippen LogP contribution in [0.4, 0.5) is 13.2 Å². The minimum atomic E-state index is -1.55. The number of carbonyl (C=O) groups is 1. The molecule has 2 aromatic carbocycles. The summed E-state index contributed by atoms with van der Waals surface area (Å²) in [4.78, 5) is 23.7. The molecule has 1 atom stereocenters. The van der Waals surface area contributed by atoms with Crippen LogP contribution in [0, 0.1) is 30.3 Å². The third-order valence-corrected chi connectivity index (χ3v) is 6.50. The van der Waals surface area contributed by atoms with Gasteiger partial charge in [-0.1, -0.05) is 6.07 Å². The Morgan fingerprint density at radius 2 is 1.95 bits per heavy atom. The number of hydrogen-bond acceptors (Lipinski definition) is 4. The van der Waals surface area contributed by atoms with Crippen LogP contribution in [-0.4, -0.2) is 40.0 Å². The van der Waals surface area contributed by atoms with Gasteiger partial charge in [-0.25, -0.2) is 18.2 Å². The van der Waals surface area contributed by atoms with E-state index in [2.05, 4.69) is 15.3 Å². The molecule has 1 aliphatic heterocycles. The molecule has 1 unspecified atom stereocenters. The molecule has 0 spiro atoms. The normalized spacial score (nSPS) is 18.5. The zero-order valence-corrected chi connectivity index (χ0v) is 20.6. The van der Waals surface area contributed by atoms with E-state index >= 15 is 0 Å². The highest BCUT2D eigenvalue weighted by atomic mass is 19.2. The first-order valence-electron chi connectivity index (χ1n) is 12.0. The minimum Gasteiger partial charge on any atom is -0.495 e. The molecule has 0 bridgehead atoms. The van der Waals surface area contributed by atoms with E-state index < -0.39 is 29.4 Å². The van der Waals surface area contributed by atoms with E-state index in [4.69, 9.17) is 4.74 Å². The van der Waals surface area contributed by atoms with Crippen molar-refractivity contribution in [3.63, 3.8) is 0 Å². The first-order valence-corrected chi connectivity index (χ1v) is 12.0. The number of amides is 1. The molecule has 1 aromatic heterocycles. The smallest absolute Gasteiger partial charge is 0.277 e. The number of methoxy groups -OCH3 is 1. The topological polar surface area (TPSA) is 71.8 Å². The fraction of sp³-hybridized carbons (Fsp3) is 0.296. The third-order valence-electron chi connectivity index (χ3n) is 6.50. The summed E-state index contributed by atoms with van der Waals surface area (Å²) in [6, 6.07) is 6.50. The highest BCUT2D eigenvalue weighted by molar-refractivity contribution is 6.15. The van der Waals surface area contributed by atoms with Crippen molar-refractivity contribution >= 4 is 17.9 Å². The Labute approximate surface area is 212 Å². The van der Waals surface area contributed by atoms with Gasteiger partial charge in [0, 0.05) is 12.7 Å². The quantitative estimate of drug-likeness (QED) is 0.363. The molecule has 1 N–H and O–H groups in total. The third kappa shape index (κ3) is 4.96. The molecule has 1 saturated carbocycles. The van der Waals surface area contributed by atoms with Crippen LogP contribution in [0.2, 0.25) is 0 Å². The van der Waals surface area contributed by atoms with Gasteiger partial charge in [0.2, 0.25) is 5.96 Å². The predicted molar refractivity (Wildman–Crippen MR) is 133 cm³/mol. The number of benzene rings is 2. The zero-order chi connectivity index (χ0) is 26.3. The molecular formula is C27H26F3N5O2. The molecule has 2 fully saturated rings. The Bertz CT molecular complexity index is 1400. The van der Waals surface area contributed by atoms with Crippen LogP contribution in [0.1, 0.15) is 42.6 Å². The lowest BCUT2D eigenvalue weighted by Gasteiger charge is -2.24. The molecule has 10 heteroatoms. The Kier molecular flexibility index (Phi) is 6.49. The summed E-state index contributed by atoms with van der Waals surface area (Å²) in [7, 11) is 1.56. The standard InChI is InChI=1S/C27H26F3N5O2/c1-15-13-34(14-32-15)23-7-6-18(9-24(23)37-3)8-22-26(36)35(27(33-22)31-12-17-4-5-17)16(2)19-10-20(28)25(30)21(29)11-19/h6-11,13-14,16-17H,4-5,12H2,1-3H3,(H,31,33). The number of aromatic nitrogens is 2. The van der Waals surface area contributed by atoms with Crippen molar-refractivity contribution in [1.82, 2.24) is 19.8 Å². The summed E-state index contributed by atoms with van der Waals surface area (Å²) < 4.78 is 48.8. The van der Waals surface area contributed by atoms with Gasteiger partial charge in [0.05, 0.1) is 30.9 Å². The second-order valence-corrected chi connectivity index (χ2v) is 9.29. The van der Waals surface area contributed by atoms with Crippen molar-refractivity contribution in [2.75, 3.05) is 13.7 Å². The lowest BCUT2D eigenvalue weighted by molar-refractivity contribution is -0.123. The molecule has 5 rings (SSSR count). The molecule has 3 aromatic rings. The summed E-state index contributed by atoms with van der Waals surface area (Å²) in [6.45, 7) is 4.04. The second-order valence-electron chi connectivity index (χ2n) is 9.29. The SMILES string of the molecule is COc1cc(C=C2NC(=NCC3CC3)N(C(C)c3cc(F)c(F)c(F)c3)C2=O)ccc1-n1cnc(C)c1. The number of aryl methyl sites for hydroxylation is 1. The van der Waals surface area contributed by atoms with Gasteiger partial charge in [-0.05, 0) is 74.1 Å². The number of guanidine groups is 1. The first kappa shape index (κ1) is 24.6. The molecule has 2 aliphatic rings. The van der Waals surface area contributed by atoms with Crippen molar-refractivity contribution in [2.24, 2.45) is 10.9 Å². The maximum Gasteiger partial charge on any atom is 0.277 e. The molecular weight excluding hydrogens is 483 g/mol. The fourth-order valence-corrected chi connectivity index (χ4v) is 4.23. The van der Waals surface area contributed by atoms with E-state index in [1.165, 1.54) is 4.90 Å². The van der Waals surface area contributed by atoms with E-state index in [1.54, 1.807) is 32.5 Å². The van der Waals surface area contributed by atoms with Crippen molar-refractivity contribution in [3.05, 3.63) is 82.8 Å². The number of halogens is 3. The summed E-state index contributed by atoms with van der Waals surface area (Å²) in [5.74, 6) is -3.25. The van der Waals surface area contributed by atoms with Gasteiger partial charge >= 0.3 is 0 Å². The van der Waals surface area contributed by atoms with Crippen LogP contribution in [0.25, 0.3) is 11.8 Å². The lowest BCUT2D eigenvalue weighted by Crippen LogP contribution is -2.35. The highest BCUT2D eigenvalue weighted by Crippen LogP contribution is 2.32. The van der Waals surface area contributed by atoms with Crippen LogP contribution < -0.4 is 10.1 Å². The average molecular weight is 510 g/mol. The van der Waals surface area contributed by atoms with E-state index in [0.717, 1.165) is 36.4 Å². The van der Waals surface area contributed by atoms with Crippen LogP contribution in [0.3, 0.4) is 0 Å². The summed E-state index contributed by atoms with van der Waals surface area (Å²) >= 11 is 0. The second kappa shape index (κ2) is 9.76. The van der Waals surface area contributed by atoms with Gasteiger partial charge in [-0.3, -0.25) is 14.7 Å². The van der Waals surface area contributed by atoms with Gasteiger partial charge in [0.25, 0.3) is 5.91 Å². The molecule has 0 radical (unpaired) electrons. The largest absolute Gasteiger partial charge is 0.495 e. The maximum absolute atomic E-state index is 13.9. The van der Waals surface area contributed by atoms with E-state index in [9.17, 15) is 18.0 Å². The number of imidazole rings is 1. The van der Waals surface area contributed by atoms with Crippen molar-refractivity contribution in [2.45, 2.75) is 32.7 Å². The van der Waals surface area contributed by atoms with Crippen LogP contribution in [-0.2, 0) is 4.79 Å². The molecule has 1 aliphatic carbocycles. The van der Waals surface area contributed by atoms with Gasteiger partial charge in [-0.15, -0.1) is 0 Å². The van der Waals surface area contributed by atoms with E-state index in [0.29, 0.717) is 29.7 Å². The maximum atomic E-state index is 13.9. The zero-order valence-electron chi connectivity index (χ0n) is 20.6. The monoisotopic (exact) mass is 509 g/mol. The van der Waals surface area contributed by atoms with Gasteiger partial charge in [0.15, 0.2) is 17.5 Å². The fourth-order valence-electron chi connectivity index (χ4n) is 4.23. The molecule has 37 heavy (non-hydrogen) atoms. The Morgan fingerprint density at radius 3 is 2.57 bits per heavy atom. The Hall–Kier alpha value is -4.08. The lowest BCUT2D eigenvalue weighted by atomic mass is 10.1. The predicted octanol–water partition coefficient (Wildman–Crippen LogP) is 4.91. The first-order chi connectivity index (χ1) is 17.7. The Balaban J connectivity index is 1.48. The molecule has 7 nitrogen and oxygen atoms in total. The molecule has 2 heterocycles. The minimum absolute atomic E-state index is 0.119. The van der Waals surface area contributed by atoms with Crippen LogP contribution in [0.5, 0.6) is 5.75 Å².